The number of aliphatic hydroxyl groups is 1. The molecule has 6 nitrogen and oxygen atoms in total. The highest BCUT2D eigenvalue weighted by atomic mass is 32.2. The summed E-state index contributed by atoms with van der Waals surface area (Å²) in [6, 6.07) is 25.4. The van der Waals surface area contributed by atoms with Crippen molar-refractivity contribution in [3.63, 3.8) is 0 Å². The molecule has 0 spiro atoms. The lowest BCUT2D eigenvalue weighted by Gasteiger charge is -2.34. The van der Waals surface area contributed by atoms with Crippen LogP contribution in [0, 0.1) is 5.92 Å². The lowest BCUT2D eigenvalue weighted by atomic mass is 9.84. The van der Waals surface area contributed by atoms with Crippen molar-refractivity contribution in [3.8, 4) is 11.1 Å². The normalized spacial score (nSPS) is 19.4. The lowest BCUT2D eigenvalue weighted by molar-refractivity contribution is -0.128. The molecule has 190 valence electrons. The smallest absolute Gasteiger partial charge is 0.240 e. The summed E-state index contributed by atoms with van der Waals surface area (Å²) in [4.78, 5) is 13.3. The Morgan fingerprint density at radius 3 is 1.92 bits per heavy atom. The van der Waals surface area contributed by atoms with Gasteiger partial charge in [-0.3, -0.25) is 4.79 Å². The van der Waals surface area contributed by atoms with Gasteiger partial charge in [-0.05, 0) is 68.4 Å². The maximum Gasteiger partial charge on any atom is 0.240 e. The molecule has 3 N–H and O–H groups in total. The molecule has 4 rings (SSSR count). The molecule has 1 atom stereocenters. The Hall–Kier alpha value is -3.00. The number of nitrogens with one attached hydrogen (secondary N) is 2. The molecule has 0 unspecified atom stereocenters. The molecule has 3 aromatic carbocycles. The fourth-order valence-corrected chi connectivity index (χ4v) is 6.10. The standard InChI is InChI=1S/C29H34N2O4S/c1-29(2,33)27(23-11-7-4-8-12-23)30-28(32)24-13-17-25(18-14-24)31-36(34,35)26-19-15-22(16-20-26)21-9-5-3-6-10-21/h3-12,15-16,19-20,24-25,27,31,33H,13-14,17-18H2,1-2H3,(H,30,32)/t24?,25?,27-/m0/s1. The molecule has 1 amide bonds. The van der Waals surface area contributed by atoms with Gasteiger partial charge in [0.15, 0.2) is 0 Å². The molecule has 1 aliphatic rings. The third-order valence-corrected chi connectivity index (χ3v) is 8.35. The molecule has 1 saturated carbocycles. The van der Waals surface area contributed by atoms with E-state index in [1.807, 2.05) is 72.8 Å². The summed E-state index contributed by atoms with van der Waals surface area (Å²) in [5.74, 6) is -0.326. The highest BCUT2D eigenvalue weighted by molar-refractivity contribution is 7.89. The zero-order valence-corrected chi connectivity index (χ0v) is 21.5. The van der Waals surface area contributed by atoms with Gasteiger partial charge >= 0.3 is 0 Å². The van der Waals surface area contributed by atoms with Crippen LogP contribution in [0.1, 0.15) is 51.1 Å². The van der Waals surface area contributed by atoms with Crippen LogP contribution < -0.4 is 10.0 Å². The van der Waals surface area contributed by atoms with Gasteiger partial charge in [-0.1, -0.05) is 72.8 Å². The van der Waals surface area contributed by atoms with Crippen LogP contribution in [0.2, 0.25) is 0 Å². The summed E-state index contributed by atoms with van der Waals surface area (Å²) in [6.45, 7) is 3.37. The van der Waals surface area contributed by atoms with Crippen molar-refractivity contribution in [2.45, 2.75) is 62.1 Å². The molecule has 0 aromatic heterocycles. The summed E-state index contributed by atoms with van der Waals surface area (Å²) in [5, 5.41) is 13.7. The summed E-state index contributed by atoms with van der Waals surface area (Å²) in [6.07, 6.45) is 2.33. The maximum absolute atomic E-state index is 13.0. The van der Waals surface area contributed by atoms with E-state index in [2.05, 4.69) is 10.0 Å². The molecule has 0 bridgehead atoms. The second-order valence-electron chi connectivity index (χ2n) is 10.1. The lowest BCUT2D eigenvalue weighted by Crippen LogP contribution is -2.46. The van der Waals surface area contributed by atoms with Crippen molar-refractivity contribution in [3.05, 3.63) is 90.5 Å². The topological polar surface area (TPSA) is 95.5 Å². The number of sulfonamides is 1. The fraction of sp³-hybridized carbons (Fsp3) is 0.345. The summed E-state index contributed by atoms with van der Waals surface area (Å²) in [7, 11) is -3.65. The number of hydrogen-bond acceptors (Lipinski definition) is 4. The van der Waals surface area contributed by atoms with E-state index in [4.69, 9.17) is 0 Å². The zero-order chi connectivity index (χ0) is 25.8. The monoisotopic (exact) mass is 506 g/mol. The van der Waals surface area contributed by atoms with Gasteiger partial charge in [-0.15, -0.1) is 0 Å². The van der Waals surface area contributed by atoms with E-state index >= 15 is 0 Å². The van der Waals surface area contributed by atoms with Crippen LogP contribution in [0.5, 0.6) is 0 Å². The van der Waals surface area contributed by atoms with Gasteiger partial charge < -0.3 is 10.4 Å². The van der Waals surface area contributed by atoms with E-state index in [1.54, 1.807) is 26.0 Å². The number of rotatable bonds is 8. The van der Waals surface area contributed by atoms with E-state index < -0.39 is 21.7 Å². The van der Waals surface area contributed by atoms with E-state index in [0.29, 0.717) is 25.7 Å². The fourth-order valence-electron chi connectivity index (χ4n) is 4.79. The highest BCUT2D eigenvalue weighted by Gasteiger charge is 2.34. The van der Waals surface area contributed by atoms with Crippen LogP contribution in [0.3, 0.4) is 0 Å². The van der Waals surface area contributed by atoms with Gasteiger partial charge in [0.05, 0.1) is 16.5 Å². The molecule has 3 aromatic rings. The average molecular weight is 507 g/mol. The highest BCUT2D eigenvalue weighted by Crippen LogP contribution is 2.30. The molecule has 36 heavy (non-hydrogen) atoms. The number of benzene rings is 3. The third-order valence-electron chi connectivity index (χ3n) is 6.82. The molecule has 1 aliphatic carbocycles. The van der Waals surface area contributed by atoms with Crippen molar-refractivity contribution >= 4 is 15.9 Å². The summed E-state index contributed by atoms with van der Waals surface area (Å²) >= 11 is 0. The molecule has 0 aliphatic heterocycles. The predicted octanol–water partition coefficient (Wildman–Crippen LogP) is 4.82. The summed E-state index contributed by atoms with van der Waals surface area (Å²) in [5.41, 5.74) is 1.71. The van der Waals surface area contributed by atoms with Crippen LogP contribution in [0.15, 0.2) is 89.8 Å². The maximum atomic E-state index is 13.0. The molecular formula is C29H34N2O4S. The Balaban J connectivity index is 1.34. The van der Waals surface area contributed by atoms with Gasteiger partial charge in [-0.25, -0.2) is 13.1 Å². The first kappa shape index (κ1) is 26.1. The van der Waals surface area contributed by atoms with Crippen molar-refractivity contribution in [2.75, 3.05) is 0 Å². The van der Waals surface area contributed by atoms with Crippen molar-refractivity contribution in [1.82, 2.24) is 10.0 Å². The van der Waals surface area contributed by atoms with Crippen molar-refractivity contribution in [1.29, 1.82) is 0 Å². The van der Waals surface area contributed by atoms with Gasteiger partial charge in [0.2, 0.25) is 15.9 Å². The van der Waals surface area contributed by atoms with Gasteiger partial charge in [0.1, 0.15) is 0 Å². The number of amides is 1. The largest absolute Gasteiger partial charge is 0.388 e. The number of hydrogen-bond donors (Lipinski definition) is 3. The van der Waals surface area contributed by atoms with Crippen LogP contribution in [-0.4, -0.2) is 31.1 Å². The Morgan fingerprint density at radius 1 is 0.833 bits per heavy atom. The molecule has 1 fully saturated rings. The van der Waals surface area contributed by atoms with Crippen molar-refractivity contribution in [2.24, 2.45) is 5.92 Å². The summed E-state index contributed by atoms with van der Waals surface area (Å²) < 4.78 is 28.7. The van der Waals surface area contributed by atoms with Crippen LogP contribution in [-0.2, 0) is 14.8 Å². The Kier molecular flexibility index (Phi) is 7.93. The molecule has 7 heteroatoms. The Labute approximate surface area is 213 Å². The molecule has 0 saturated heterocycles. The van der Waals surface area contributed by atoms with Crippen LogP contribution in [0.4, 0.5) is 0 Å². The van der Waals surface area contributed by atoms with Gasteiger partial charge in [0.25, 0.3) is 0 Å². The van der Waals surface area contributed by atoms with Gasteiger partial charge in [0, 0.05) is 12.0 Å². The molecule has 0 radical (unpaired) electrons. The van der Waals surface area contributed by atoms with E-state index in [0.717, 1.165) is 16.7 Å². The SMILES string of the molecule is CC(C)(O)[C@@H](NC(=O)C1CCC(NS(=O)(=O)c2ccc(-c3ccccc3)cc2)CC1)c1ccccc1. The second kappa shape index (κ2) is 10.9. The minimum absolute atomic E-state index is 0.108. The first-order valence-corrected chi connectivity index (χ1v) is 13.9. The Bertz CT molecular complexity index is 1250. The third kappa shape index (κ3) is 6.40. The number of carbonyl (C=O) groups excluding carboxylic acids is 1. The van der Waals surface area contributed by atoms with Crippen molar-refractivity contribution < 1.29 is 18.3 Å². The molecular weight excluding hydrogens is 472 g/mol. The first-order valence-electron chi connectivity index (χ1n) is 12.4. The van der Waals surface area contributed by atoms with Crippen LogP contribution >= 0.6 is 0 Å². The zero-order valence-electron chi connectivity index (χ0n) is 20.7. The van der Waals surface area contributed by atoms with Gasteiger partial charge in [-0.2, -0.15) is 0 Å². The molecule has 0 heterocycles. The first-order chi connectivity index (χ1) is 17.1. The van der Waals surface area contributed by atoms with E-state index in [-0.39, 0.29) is 22.8 Å². The predicted molar refractivity (Wildman–Crippen MR) is 142 cm³/mol. The minimum Gasteiger partial charge on any atom is -0.388 e. The number of carbonyl (C=O) groups is 1. The van der Waals surface area contributed by atoms with Crippen LogP contribution in [0.25, 0.3) is 11.1 Å². The Morgan fingerprint density at radius 2 is 1.36 bits per heavy atom. The van der Waals surface area contributed by atoms with E-state index in [9.17, 15) is 18.3 Å². The second-order valence-corrected chi connectivity index (χ2v) is 11.8. The average Bonchev–Trinajstić information content (AvgIpc) is 2.88. The minimum atomic E-state index is -3.65. The quantitative estimate of drug-likeness (QED) is 0.408. The van der Waals surface area contributed by atoms with E-state index in [1.165, 1.54) is 0 Å².